The molecule has 0 radical (unpaired) electrons. The summed E-state index contributed by atoms with van der Waals surface area (Å²) in [6.45, 7) is 0.588. The summed E-state index contributed by atoms with van der Waals surface area (Å²) < 4.78 is 4.88. The molecular weight excluding hydrogens is 328 g/mol. The Balaban J connectivity index is 1.48. The maximum atomic E-state index is 11.9. The van der Waals surface area contributed by atoms with Crippen LogP contribution in [0.25, 0.3) is 10.2 Å². The average Bonchev–Trinajstić information content (AvgIpc) is 3.03. The number of anilines is 1. The number of carbonyl (C=O) groups is 1. The molecule has 0 unspecified atom stereocenters. The summed E-state index contributed by atoms with van der Waals surface area (Å²) in [4.78, 5) is 13.2. The molecule has 3 aromatic rings. The number of rotatable bonds is 5. The molecule has 0 spiro atoms. The van der Waals surface area contributed by atoms with E-state index in [0.29, 0.717) is 12.2 Å². The first-order valence-electron chi connectivity index (χ1n) is 7.14. The van der Waals surface area contributed by atoms with Gasteiger partial charge in [0.2, 0.25) is 0 Å². The van der Waals surface area contributed by atoms with Gasteiger partial charge >= 0.3 is 6.03 Å². The number of nitrogens with one attached hydrogen (secondary N) is 2. The van der Waals surface area contributed by atoms with Crippen molar-refractivity contribution in [3.8, 4) is 0 Å². The Morgan fingerprint density at radius 3 is 2.83 bits per heavy atom. The van der Waals surface area contributed by atoms with Crippen molar-refractivity contribution in [3.05, 3.63) is 48.0 Å². The smallest absolute Gasteiger partial charge is 0.319 e. The fourth-order valence-electron chi connectivity index (χ4n) is 2.15. The van der Waals surface area contributed by atoms with E-state index in [9.17, 15) is 4.79 Å². The number of fused-ring (bicyclic) bond motifs is 1. The van der Waals surface area contributed by atoms with Gasteiger partial charge in [-0.1, -0.05) is 16.6 Å². The van der Waals surface area contributed by atoms with E-state index < -0.39 is 0 Å². The molecule has 0 aliphatic rings. The van der Waals surface area contributed by atoms with Gasteiger partial charge < -0.3 is 10.6 Å². The summed E-state index contributed by atoms with van der Waals surface area (Å²) in [6.07, 6.45) is 2.86. The number of hydrogen-bond acceptors (Lipinski definition) is 5. The van der Waals surface area contributed by atoms with E-state index in [2.05, 4.69) is 50.7 Å². The molecule has 1 heterocycles. The molecule has 5 nitrogen and oxygen atoms in total. The monoisotopic (exact) mass is 344 g/mol. The van der Waals surface area contributed by atoms with Gasteiger partial charge in [-0.3, -0.25) is 0 Å². The summed E-state index contributed by atoms with van der Waals surface area (Å²) in [5.74, 6) is 0. The first kappa shape index (κ1) is 15.8. The average molecular weight is 344 g/mol. The van der Waals surface area contributed by atoms with Crippen LogP contribution in [0.3, 0.4) is 0 Å². The maximum Gasteiger partial charge on any atom is 0.319 e. The predicted octanol–water partition coefficient (Wildman–Crippen LogP) is 3.78. The SMILES string of the molecule is CSc1ccc(CCNC(=O)Nc2ccc3snnc3c2)cc1. The van der Waals surface area contributed by atoms with Gasteiger partial charge in [-0.15, -0.1) is 16.9 Å². The van der Waals surface area contributed by atoms with E-state index in [4.69, 9.17) is 0 Å². The minimum absolute atomic E-state index is 0.215. The normalized spacial score (nSPS) is 10.7. The highest BCUT2D eigenvalue weighted by molar-refractivity contribution is 7.98. The number of amides is 2. The van der Waals surface area contributed by atoms with E-state index in [1.54, 1.807) is 11.8 Å². The van der Waals surface area contributed by atoms with Crippen LogP contribution in [0.2, 0.25) is 0 Å². The van der Waals surface area contributed by atoms with Gasteiger partial charge in [0.05, 0.1) is 4.70 Å². The van der Waals surface area contributed by atoms with E-state index in [0.717, 1.165) is 16.6 Å². The highest BCUT2D eigenvalue weighted by Gasteiger charge is 2.04. The number of benzene rings is 2. The number of thioether (sulfide) groups is 1. The fourth-order valence-corrected chi connectivity index (χ4v) is 3.09. The molecule has 1 aromatic heterocycles. The first-order chi connectivity index (χ1) is 11.2. The van der Waals surface area contributed by atoms with Crippen LogP contribution in [0, 0.1) is 0 Å². The van der Waals surface area contributed by atoms with E-state index in [1.807, 2.05) is 18.2 Å². The Bertz CT molecular complexity index is 801. The van der Waals surface area contributed by atoms with Crippen LogP contribution in [0.15, 0.2) is 47.4 Å². The second-order valence-electron chi connectivity index (χ2n) is 4.93. The van der Waals surface area contributed by atoms with Gasteiger partial charge in [0, 0.05) is 17.1 Å². The molecule has 0 saturated heterocycles. The zero-order chi connectivity index (χ0) is 16.1. The van der Waals surface area contributed by atoms with Crippen LogP contribution in [-0.4, -0.2) is 28.4 Å². The van der Waals surface area contributed by atoms with Gasteiger partial charge in [-0.05, 0) is 60.1 Å². The van der Waals surface area contributed by atoms with Crippen molar-refractivity contribution in [2.24, 2.45) is 0 Å². The Morgan fingerprint density at radius 1 is 1.22 bits per heavy atom. The molecule has 7 heteroatoms. The number of carbonyl (C=O) groups excluding carboxylic acids is 1. The van der Waals surface area contributed by atoms with Crippen molar-refractivity contribution in [2.45, 2.75) is 11.3 Å². The molecule has 0 aliphatic carbocycles. The van der Waals surface area contributed by atoms with Gasteiger partial charge in [-0.25, -0.2) is 4.79 Å². The molecule has 23 heavy (non-hydrogen) atoms. The van der Waals surface area contributed by atoms with Crippen molar-refractivity contribution in [1.29, 1.82) is 0 Å². The van der Waals surface area contributed by atoms with Crippen molar-refractivity contribution >= 4 is 45.2 Å². The molecule has 0 saturated carbocycles. The van der Waals surface area contributed by atoms with Crippen molar-refractivity contribution in [1.82, 2.24) is 14.9 Å². The van der Waals surface area contributed by atoms with Crippen LogP contribution >= 0.6 is 23.3 Å². The highest BCUT2D eigenvalue weighted by Crippen LogP contribution is 2.19. The number of hydrogen-bond donors (Lipinski definition) is 2. The number of nitrogens with zero attached hydrogens (tertiary/aromatic N) is 2. The second kappa shape index (κ2) is 7.43. The summed E-state index contributed by atoms with van der Waals surface area (Å²) >= 11 is 3.06. The minimum Gasteiger partial charge on any atom is -0.338 e. The lowest BCUT2D eigenvalue weighted by molar-refractivity contribution is 0.252. The van der Waals surface area contributed by atoms with Crippen LogP contribution < -0.4 is 10.6 Å². The molecule has 118 valence electrons. The molecule has 0 aliphatic heterocycles. The van der Waals surface area contributed by atoms with E-state index in [1.165, 1.54) is 22.0 Å². The summed E-state index contributed by atoms with van der Waals surface area (Å²) in [5, 5.41) is 9.67. The molecule has 2 amide bonds. The predicted molar refractivity (Wildman–Crippen MR) is 96.4 cm³/mol. The van der Waals surface area contributed by atoms with Crippen LogP contribution in [-0.2, 0) is 6.42 Å². The molecule has 2 N–H and O–H groups in total. The molecule has 2 aromatic carbocycles. The lowest BCUT2D eigenvalue weighted by Crippen LogP contribution is -2.30. The van der Waals surface area contributed by atoms with Gasteiger partial charge in [-0.2, -0.15) is 0 Å². The Labute approximate surface area is 142 Å². The number of aromatic nitrogens is 2. The van der Waals surface area contributed by atoms with Crippen LogP contribution in [0.5, 0.6) is 0 Å². The summed E-state index contributed by atoms with van der Waals surface area (Å²) in [5.41, 5.74) is 2.71. The topological polar surface area (TPSA) is 66.9 Å². The van der Waals surface area contributed by atoms with Crippen molar-refractivity contribution < 1.29 is 4.79 Å². The van der Waals surface area contributed by atoms with Crippen molar-refractivity contribution in [3.63, 3.8) is 0 Å². The maximum absolute atomic E-state index is 11.9. The Morgan fingerprint density at radius 2 is 2.04 bits per heavy atom. The van der Waals surface area contributed by atoms with E-state index in [-0.39, 0.29) is 6.03 Å². The third kappa shape index (κ3) is 4.20. The zero-order valence-electron chi connectivity index (χ0n) is 12.6. The zero-order valence-corrected chi connectivity index (χ0v) is 14.2. The fraction of sp³-hybridized carbons (Fsp3) is 0.188. The summed E-state index contributed by atoms with van der Waals surface area (Å²) in [7, 11) is 0. The van der Waals surface area contributed by atoms with Gasteiger partial charge in [0.25, 0.3) is 0 Å². The highest BCUT2D eigenvalue weighted by atomic mass is 32.2. The quantitative estimate of drug-likeness (QED) is 0.691. The lowest BCUT2D eigenvalue weighted by atomic mass is 10.1. The molecular formula is C16H16N4OS2. The largest absolute Gasteiger partial charge is 0.338 e. The molecule has 3 rings (SSSR count). The Hall–Kier alpha value is -2.12. The van der Waals surface area contributed by atoms with Crippen molar-refractivity contribution in [2.75, 3.05) is 18.1 Å². The summed E-state index contributed by atoms with van der Waals surface area (Å²) in [6, 6.07) is 13.7. The number of urea groups is 1. The second-order valence-corrected chi connectivity index (χ2v) is 6.60. The lowest BCUT2D eigenvalue weighted by Gasteiger charge is -2.08. The Kier molecular flexibility index (Phi) is 5.09. The molecule has 0 fully saturated rings. The third-order valence-corrected chi connectivity index (χ3v) is 4.81. The van der Waals surface area contributed by atoms with E-state index >= 15 is 0 Å². The molecule has 0 bridgehead atoms. The van der Waals surface area contributed by atoms with Gasteiger partial charge in [0.15, 0.2) is 0 Å². The standard InChI is InChI=1S/C16H16N4OS2/c1-22-13-5-2-11(3-6-13)8-9-17-16(21)18-12-4-7-15-14(10-12)19-20-23-15/h2-7,10H,8-9H2,1H3,(H2,17,18,21). The van der Waals surface area contributed by atoms with Crippen LogP contribution in [0.1, 0.15) is 5.56 Å². The first-order valence-corrected chi connectivity index (χ1v) is 9.14. The molecule has 0 atom stereocenters. The van der Waals surface area contributed by atoms with Crippen LogP contribution in [0.4, 0.5) is 10.5 Å². The minimum atomic E-state index is -0.215. The third-order valence-electron chi connectivity index (χ3n) is 3.36. The van der Waals surface area contributed by atoms with Gasteiger partial charge in [0.1, 0.15) is 5.52 Å².